The number of amides is 2. The fraction of sp³-hybridized carbons (Fsp3) is 0.833. The van der Waals surface area contributed by atoms with E-state index in [-0.39, 0.29) is 17.7 Å². The van der Waals surface area contributed by atoms with Crippen molar-refractivity contribution < 1.29 is 9.59 Å². The molecule has 2 unspecified atom stereocenters. The minimum Gasteiger partial charge on any atom is -0.355 e. The third-order valence-electron chi connectivity index (χ3n) is 3.79. The van der Waals surface area contributed by atoms with Gasteiger partial charge in [-0.05, 0) is 18.8 Å². The lowest BCUT2D eigenvalue weighted by Crippen LogP contribution is -2.44. The van der Waals surface area contributed by atoms with E-state index in [1.54, 1.807) is 0 Å². The summed E-state index contributed by atoms with van der Waals surface area (Å²) in [7, 11) is 0. The quantitative estimate of drug-likeness (QED) is 0.753. The molecular formula is C12H20N2O2. The highest BCUT2D eigenvalue weighted by Gasteiger charge is 2.32. The van der Waals surface area contributed by atoms with Crippen LogP contribution in [0.5, 0.6) is 0 Å². The van der Waals surface area contributed by atoms with Gasteiger partial charge in [-0.25, -0.2) is 0 Å². The lowest BCUT2D eigenvalue weighted by molar-refractivity contribution is -0.136. The molecule has 0 spiro atoms. The summed E-state index contributed by atoms with van der Waals surface area (Å²) in [5, 5.41) is 2.78. The zero-order chi connectivity index (χ0) is 11.5. The first kappa shape index (κ1) is 11.4. The van der Waals surface area contributed by atoms with E-state index < -0.39 is 0 Å². The number of piperidine rings is 1. The number of nitrogens with one attached hydrogen (secondary N) is 1. The van der Waals surface area contributed by atoms with E-state index in [4.69, 9.17) is 0 Å². The highest BCUT2D eigenvalue weighted by atomic mass is 16.2. The molecule has 16 heavy (non-hydrogen) atoms. The van der Waals surface area contributed by atoms with Crippen molar-refractivity contribution >= 4 is 11.8 Å². The smallest absolute Gasteiger partial charge is 0.227 e. The first-order valence-corrected chi connectivity index (χ1v) is 6.26. The van der Waals surface area contributed by atoms with Gasteiger partial charge in [-0.1, -0.05) is 13.3 Å². The fourth-order valence-corrected chi connectivity index (χ4v) is 2.57. The van der Waals surface area contributed by atoms with Crippen molar-refractivity contribution in [1.82, 2.24) is 10.2 Å². The van der Waals surface area contributed by atoms with E-state index in [1.165, 1.54) is 0 Å². The van der Waals surface area contributed by atoms with Gasteiger partial charge in [-0.2, -0.15) is 0 Å². The van der Waals surface area contributed by atoms with Gasteiger partial charge < -0.3 is 10.2 Å². The van der Waals surface area contributed by atoms with Crippen molar-refractivity contribution in [1.29, 1.82) is 0 Å². The Morgan fingerprint density at radius 3 is 2.88 bits per heavy atom. The summed E-state index contributed by atoms with van der Waals surface area (Å²) in [6.45, 7) is 4.53. The van der Waals surface area contributed by atoms with Crippen molar-refractivity contribution in [3.8, 4) is 0 Å². The van der Waals surface area contributed by atoms with Crippen LogP contribution in [0.4, 0.5) is 0 Å². The maximum atomic E-state index is 12.1. The minimum atomic E-state index is 0.0216. The van der Waals surface area contributed by atoms with Gasteiger partial charge in [0, 0.05) is 26.1 Å². The highest BCUT2D eigenvalue weighted by Crippen LogP contribution is 2.22. The summed E-state index contributed by atoms with van der Waals surface area (Å²) < 4.78 is 0. The fourth-order valence-electron chi connectivity index (χ4n) is 2.57. The summed E-state index contributed by atoms with van der Waals surface area (Å²) in [5.41, 5.74) is 0. The molecule has 2 aliphatic heterocycles. The lowest BCUT2D eigenvalue weighted by atomic mass is 9.98. The summed E-state index contributed by atoms with van der Waals surface area (Å²) in [6, 6.07) is 0. The van der Waals surface area contributed by atoms with Crippen LogP contribution in [-0.2, 0) is 9.59 Å². The van der Waals surface area contributed by atoms with Crippen molar-refractivity contribution in [3.05, 3.63) is 0 Å². The molecule has 2 heterocycles. The molecule has 2 rings (SSSR count). The molecule has 0 bridgehead atoms. The van der Waals surface area contributed by atoms with Crippen LogP contribution in [0, 0.1) is 11.8 Å². The second-order valence-electron chi connectivity index (χ2n) is 4.89. The standard InChI is InChI=1S/C12H20N2O2/c1-2-9-5-6-14(8-9)12(16)10-3-4-11(15)13-7-10/h9-10H,2-8H2,1H3,(H,13,15). The molecule has 0 saturated carbocycles. The maximum Gasteiger partial charge on any atom is 0.227 e. The molecule has 2 fully saturated rings. The predicted octanol–water partition coefficient (Wildman–Crippen LogP) is 0.771. The molecule has 0 aromatic carbocycles. The summed E-state index contributed by atoms with van der Waals surface area (Å²) in [5.74, 6) is 1.03. The number of nitrogens with zero attached hydrogens (tertiary/aromatic N) is 1. The minimum absolute atomic E-state index is 0.0216. The second kappa shape index (κ2) is 4.85. The molecule has 2 amide bonds. The molecule has 4 heteroatoms. The maximum absolute atomic E-state index is 12.1. The number of rotatable bonds is 2. The Kier molecular flexibility index (Phi) is 3.46. The second-order valence-corrected chi connectivity index (χ2v) is 4.89. The van der Waals surface area contributed by atoms with Gasteiger partial charge >= 0.3 is 0 Å². The van der Waals surface area contributed by atoms with Crippen LogP contribution in [0.1, 0.15) is 32.6 Å². The Hall–Kier alpha value is -1.06. The molecule has 90 valence electrons. The molecule has 0 aliphatic carbocycles. The van der Waals surface area contributed by atoms with E-state index in [0.717, 1.165) is 32.4 Å². The molecule has 4 nitrogen and oxygen atoms in total. The average Bonchev–Trinajstić information content (AvgIpc) is 2.77. The summed E-state index contributed by atoms with van der Waals surface area (Å²) in [6.07, 6.45) is 3.52. The highest BCUT2D eigenvalue weighted by molar-refractivity contribution is 5.83. The van der Waals surface area contributed by atoms with Crippen LogP contribution in [-0.4, -0.2) is 36.3 Å². The van der Waals surface area contributed by atoms with Crippen LogP contribution in [0.2, 0.25) is 0 Å². The van der Waals surface area contributed by atoms with E-state index in [1.807, 2.05) is 4.90 Å². The Morgan fingerprint density at radius 1 is 1.50 bits per heavy atom. The summed E-state index contributed by atoms with van der Waals surface area (Å²) in [4.78, 5) is 25.1. The van der Waals surface area contributed by atoms with Gasteiger partial charge in [0.1, 0.15) is 0 Å². The Bertz CT molecular complexity index is 281. The number of carbonyl (C=O) groups is 2. The topological polar surface area (TPSA) is 49.4 Å². The van der Waals surface area contributed by atoms with E-state index >= 15 is 0 Å². The average molecular weight is 224 g/mol. The first-order valence-electron chi connectivity index (χ1n) is 6.26. The molecule has 0 radical (unpaired) electrons. The van der Waals surface area contributed by atoms with Crippen LogP contribution < -0.4 is 5.32 Å². The molecule has 0 aromatic heterocycles. The van der Waals surface area contributed by atoms with Gasteiger partial charge in [0.2, 0.25) is 11.8 Å². The largest absolute Gasteiger partial charge is 0.355 e. The van der Waals surface area contributed by atoms with Crippen molar-refractivity contribution in [2.75, 3.05) is 19.6 Å². The van der Waals surface area contributed by atoms with E-state index in [2.05, 4.69) is 12.2 Å². The Morgan fingerprint density at radius 2 is 2.31 bits per heavy atom. The van der Waals surface area contributed by atoms with Gasteiger partial charge in [0.05, 0.1) is 5.92 Å². The van der Waals surface area contributed by atoms with Gasteiger partial charge in [0.15, 0.2) is 0 Å². The van der Waals surface area contributed by atoms with Crippen LogP contribution in [0.3, 0.4) is 0 Å². The molecule has 2 saturated heterocycles. The van der Waals surface area contributed by atoms with Gasteiger partial charge in [0.25, 0.3) is 0 Å². The van der Waals surface area contributed by atoms with Crippen molar-refractivity contribution in [3.63, 3.8) is 0 Å². The third-order valence-corrected chi connectivity index (χ3v) is 3.79. The number of carbonyl (C=O) groups excluding carboxylic acids is 2. The number of likely N-dealkylation sites (tertiary alicyclic amines) is 1. The molecule has 2 aliphatic rings. The van der Waals surface area contributed by atoms with Crippen LogP contribution in [0.15, 0.2) is 0 Å². The van der Waals surface area contributed by atoms with Crippen LogP contribution >= 0.6 is 0 Å². The number of hydrogen-bond donors (Lipinski definition) is 1. The SMILES string of the molecule is CCC1CCN(C(=O)C2CCC(=O)NC2)C1. The Labute approximate surface area is 96.4 Å². The van der Waals surface area contributed by atoms with E-state index in [0.29, 0.717) is 18.9 Å². The first-order chi connectivity index (χ1) is 7.70. The van der Waals surface area contributed by atoms with Crippen molar-refractivity contribution in [2.24, 2.45) is 11.8 Å². The molecule has 2 atom stereocenters. The molecule has 1 N–H and O–H groups in total. The van der Waals surface area contributed by atoms with Gasteiger partial charge in [-0.3, -0.25) is 9.59 Å². The summed E-state index contributed by atoms with van der Waals surface area (Å²) >= 11 is 0. The van der Waals surface area contributed by atoms with E-state index in [9.17, 15) is 9.59 Å². The third kappa shape index (κ3) is 2.36. The zero-order valence-electron chi connectivity index (χ0n) is 9.87. The van der Waals surface area contributed by atoms with Crippen molar-refractivity contribution in [2.45, 2.75) is 32.6 Å². The monoisotopic (exact) mass is 224 g/mol. The molecule has 0 aromatic rings. The normalized spacial score (nSPS) is 30.3. The Balaban J connectivity index is 1.86. The number of hydrogen-bond acceptors (Lipinski definition) is 2. The molecular weight excluding hydrogens is 204 g/mol. The van der Waals surface area contributed by atoms with Gasteiger partial charge in [-0.15, -0.1) is 0 Å². The lowest BCUT2D eigenvalue weighted by Gasteiger charge is -2.26. The zero-order valence-corrected chi connectivity index (χ0v) is 9.87. The predicted molar refractivity (Wildman–Crippen MR) is 60.7 cm³/mol. The van der Waals surface area contributed by atoms with Crippen LogP contribution in [0.25, 0.3) is 0 Å².